The third-order valence-corrected chi connectivity index (χ3v) is 6.15. The van der Waals surface area contributed by atoms with Crippen molar-refractivity contribution in [1.29, 1.82) is 0 Å². The molecule has 2 heterocycles. The highest BCUT2D eigenvalue weighted by Gasteiger charge is 2.29. The first-order valence-corrected chi connectivity index (χ1v) is 9.77. The van der Waals surface area contributed by atoms with Gasteiger partial charge in [-0.2, -0.15) is 0 Å². The molecular weight excluding hydrogens is 304 g/mol. The fourth-order valence-electron chi connectivity index (χ4n) is 3.14. The molecule has 0 bridgehead atoms. The van der Waals surface area contributed by atoms with E-state index < -0.39 is 9.84 Å². The van der Waals surface area contributed by atoms with Crippen molar-refractivity contribution in [2.75, 3.05) is 51.9 Å². The Morgan fingerprint density at radius 3 is 2.86 bits per heavy atom. The molecule has 2 rings (SSSR count). The molecule has 2 aliphatic heterocycles. The topological polar surface area (TPSA) is 83.0 Å². The Kier molecular flexibility index (Phi) is 6.46. The summed E-state index contributed by atoms with van der Waals surface area (Å²) < 4.78 is 28.2. The third-order valence-electron chi connectivity index (χ3n) is 4.38. The molecule has 0 spiro atoms. The molecule has 0 amide bonds. The largest absolute Gasteiger partial charge is 0.383 e. The number of methoxy groups -OCH3 is 1. The fourth-order valence-corrected chi connectivity index (χ4v) is 4.81. The zero-order valence-corrected chi connectivity index (χ0v) is 14.4. The highest BCUT2D eigenvalue weighted by atomic mass is 32.2. The van der Waals surface area contributed by atoms with Crippen LogP contribution in [0, 0.1) is 0 Å². The molecule has 0 radical (unpaired) electrons. The second-order valence-corrected chi connectivity index (χ2v) is 8.25. The van der Waals surface area contributed by atoms with Crippen LogP contribution in [0.1, 0.15) is 19.3 Å². The van der Waals surface area contributed by atoms with Crippen LogP contribution in [0.2, 0.25) is 0 Å². The Balaban J connectivity index is 1.76. The highest BCUT2D eigenvalue weighted by molar-refractivity contribution is 7.91. The molecule has 2 unspecified atom stereocenters. The fraction of sp³-hybridized carbons (Fsp3) is 0.929. The highest BCUT2D eigenvalue weighted by Crippen LogP contribution is 2.16. The molecule has 2 fully saturated rings. The maximum atomic E-state index is 11.5. The van der Waals surface area contributed by atoms with Crippen molar-refractivity contribution in [2.24, 2.45) is 4.99 Å². The van der Waals surface area contributed by atoms with Gasteiger partial charge in [0.1, 0.15) is 0 Å². The van der Waals surface area contributed by atoms with Crippen LogP contribution in [-0.4, -0.2) is 83.3 Å². The Bertz CT molecular complexity index is 480. The minimum atomic E-state index is -2.87. The molecule has 2 saturated heterocycles. The summed E-state index contributed by atoms with van der Waals surface area (Å²) in [6.45, 7) is 3.64. The number of nitrogens with zero attached hydrogens (tertiary/aromatic N) is 2. The van der Waals surface area contributed by atoms with E-state index in [-0.39, 0.29) is 17.5 Å². The van der Waals surface area contributed by atoms with Crippen LogP contribution >= 0.6 is 0 Å². The zero-order valence-electron chi connectivity index (χ0n) is 13.5. The standard InChI is InChI=1S/C14H28N4O3S/c1-15-14(17-12-5-9-22(19,20)11-12)16-10-13-4-3-6-18(13)7-8-21-2/h12-13H,3-11H2,1-2H3,(H2,15,16,17). The number of nitrogens with one attached hydrogen (secondary N) is 2. The van der Waals surface area contributed by atoms with Gasteiger partial charge in [0.25, 0.3) is 0 Å². The molecule has 2 atom stereocenters. The van der Waals surface area contributed by atoms with Crippen LogP contribution in [-0.2, 0) is 14.6 Å². The van der Waals surface area contributed by atoms with E-state index in [1.807, 2.05) is 0 Å². The first-order valence-electron chi connectivity index (χ1n) is 7.94. The number of likely N-dealkylation sites (tertiary alicyclic amines) is 1. The summed E-state index contributed by atoms with van der Waals surface area (Å²) in [6, 6.07) is 0.463. The second kappa shape index (κ2) is 8.12. The van der Waals surface area contributed by atoms with Gasteiger partial charge in [0, 0.05) is 39.3 Å². The van der Waals surface area contributed by atoms with Crippen molar-refractivity contribution in [3.8, 4) is 0 Å². The SMILES string of the molecule is CN=C(NCC1CCCN1CCOC)NC1CCS(=O)(=O)C1. The van der Waals surface area contributed by atoms with Crippen molar-refractivity contribution in [3.05, 3.63) is 0 Å². The number of rotatable bonds is 6. The smallest absolute Gasteiger partial charge is 0.191 e. The molecular formula is C14H28N4O3S. The van der Waals surface area contributed by atoms with Gasteiger partial charge in [0.05, 0.1) is 18.1 Å². The van der Waals surface area contributed by atoms with Gasteiger partial charge < -0.3 is 15.4 Å². The molecule has 2 N–H and O–H groups in total. The van der Waals surface area contributed by atoms with Crippen LogP contribution in [0.4, 0.5) is 0 Å². The van der Waals surface area contributed by atoms with Crippen molar-refractivity contribution >= 4 is 15.8 Å². The Morgan fingerprint density at radius 2 is 2.23 bits per heavy atom. The van der Waals surface area contributed by atoms with Gasteiger partial charge in [0.2, 0.25) is 0 Å². The van der Waals surface area contributed by atoms with E-state index in [9.17, 15) is 8.42 Å². The summed E-state index contributed by atoms with van der Waals surface area (Å²) in [4.78, 5) is 6.64. The predicted octanol–water partition coefficient (Wildman–Crippen LogP) is -0.551. The summed E-state index contributed by atoms with van der Waals surface area (Å²) in [7, 11) is 0.579. The molecule has 7 nitrogen and oxygen atoms in total. The molecule has 8 heteroatoms. The van der Waals surface area contributed by atoms with E-state index in [0.717, 1.165) is 26.2 Å². The van der Waals surface area contributed by atoms with Gasteiger partial charge in [-0.3, -0.25) is 9.89 Å². The average Bonchev–Trinajstić information content (AvgIpc) is 3.07. The normalized spacial score (nSPS) is 28.9. The van der Waals surface area contributed by atoms with Gasteiger partial charge in [-0.15, -0.1) is 0 Å². The number of hydrogen-bond acceptors (Lipinski definition) is 5. The molecule has 128 valence electrons. The molecule has 0 saturated carbocycles. The van der Waals surface area contributed by atoms with E-state index >= 15 is 0 Å². The van der Waals surface area contributed by atoms with Gasteiger partial charge in [-0.1, -0.05) is 0 Å². The van der Waals surface area contributed by atoms with Crippen LogP contribution in [0.3, 0.4) is 0 Å². The van der Waals surface area contributed by atoms with Gasteiger partial charge >= 0.3 is 0 Å². The maximum Gasteiger partial charge on any atom is 0.191 e. The van der Waals surface area contributed by atoms with Crippen LogP contribution in [0.5, 0.6) is 0 Å². The number of sulfone groups is 1. The zero-order chi connectivity index (χ0) is 16.0. The molecule has 0 aliphatic carbocycles. The number of ether oxygens (including phenoxy) is 1. The van der Waals surface area contributed by atoms with Gasteiger partial charge in [0.15, 0.2) is 15.8 Å². The van der Waals surface area contributed by atoms with E-state index in [1.54, 1.807) is 14.2 Å². The second-order valence-electron chi connectivity index (χ2n) is 6.02. The third kappa shape index (κ3) is 5.10. The van der Waals surface area contributed by atoms with Crippen LogP contribution in [0.15, 0.2) is 4.99 Å². The lowest BCUT2D eigenvalue weighted by Gasteiger charge is -2.25. The summed E-state index contributed by atoms with van der Waals surface area (Å²) in [5.74, 6) is 1.17. The quantitative estimate of drug-likeness (QED) is 0.502. The number of aliphatic imine (C=N–C) groups is 1. The number of hydrogen-bond donors (Lipinski definition) is 2. The minimum absolute atomic E-state index is 0.0237. The van der Waals surface area contributed by atoms with Crippen molar-refractivity contribution in [3.63, 3.8) is 0 Å². The van der Waals surface area contributed by atoms with Crippen molar-refractivity contribution in [2.45, 2.75) is 31.3 Å². The summed E-state index contributed by atoms with van der Waals surface area (Å²) >= 11 is 0. The van der Waals surface area contributed by atoms with E-state index in [1.165, 1.54) is 12.8 Å². The molecule has 0 aromatic heterocycles. The lowest BCUT2D eigenvalue weighted by molar-refractivity contribution is 0.141. The first kappa shape index (κ1) is 17.5. The minimum Gasteiger partial charge on any atom is -0.383 e. The Morgan fingerprint density at radius 1 is 1.41 bits per heavy atom. The van der Waals surface area contributed by atoms with Crippen molar-refractivity contribution in [1.82, 2.24) is 15.5 Å². The van der Waals surface area contributed by atoms with Gasteiger partial charge in [-0.05, 0) is 25.8 Å². The Hall–Kier alpha value is -0.860. The van der Waals surface area contributed by atoms with E-state index in [4.69, 9.17) is 4.74 Å². The summed E-state index contributed by atoms with van der Waals surface area (Å²) in [5, 5.41) is 6.55. The molecule has 0 aromatic rings. The van der Waals surface area contributed by atoms with Crippen LogP contribution in [0.25, 0.3) is 0 Å². The van der Waals surface area contributed by atoms with Crippen LogP contribution < -0.4 is 10.6 Å². The molecule has 0 aromatic carbocycles. The maximum absolute atomic E-state index is 11.5. The summed E-state index contributed by atoms with van der Waals surface area (Å²) in [5.41, 5.74) is 0. The lowest BCUT2D eigenvalue weighted by Crippen LogP contribution is -2.48. The van der Waals surface area contributed by atoms with Crippen molar-refractivity contribution < 1.29 is 13.2 Å². The predicted molar refractivity (Wildman–Crippen MR) is 88.0 cm³/mol. The monoisotopic (exact) mass is 332 g/mol. The van der Waals surface area contributed by atoms with E-state index in [2.05, 4.69) is 20.5 Å². The average molecular weight is 332 g/mol. The van der Waals surface area contributed by atoms with Gasteiger partial charge in [-0.25, -0.2) is 8.42 Å². The number of guanidine groups is 1. The Labute approximate surface area is 133 Å². The summed E-state index contributed by atoms with van der Waals surface area (Å²) in [6.07, 6.45) is 3.04. The molecule has 2 aliphatic rings. The molecule has 22 heavy (non-hydrogen) atoms. The van der Waals surface area contributed by atoms with E-state index in [0.29, 0.717) is 18.4 Å². The lowest BCUT2D eigenvalue weighted by atomic mass is 10.2. The first-order chi connectivity index (χ1) is 10.5.